The summed E-state index contributed by atoms with van der Waals surface area (Å²) in [6.45, 7) is 3.35. The molecular weight excluding hydrogens is 410 g/mol. The summed E-state index contributed by atoms with van der Waals surface area (Å²) in [5, 5.41) is 3.11. The molecule has 1 heterocycles. The second-order valence-electron chi connectivity index (χ2n) is 7.03. The van der Waals surface area contributed by atoms with E-state index in [1.165, 1.54) is 25.0 Å². The molecular formula is C21H26ClN3O3S. The molecule has 1 aliphatic rings. The molecule has 1 saturated heterocycles. The van der Waals surface area contributed by atoms with Gasteiger partial charge in [-0.05, 0) is 63.2 Å². The molecule has 2 aromatic carbocycles. The van der Waals surface area contributed by atoms with Crippen LogP contribution in [0, 0.1) is 0 Å². The zero-order valence-electron chi connectivity index (χ0n) is 16.3. The van der Waals surface area contributed by atoms with Crippen LogP contribution in [0.2, 0.25) is 5.02 Å². The van der Waals surface area contributed by atoms with Crippen molar-refractivity contribution in [2.24, 2.45) is 0 Å². The fourth-order valence-electron chi connectivity index (χ4n) is 3.40. The molecule has 1 fully saturated rings. The molecule has 0 spiro atoms. The Morgan fingerprint density at radius 1 is 1.03 bits per heavy atom. The quantitative estimate of drug-likeness (QED) is 0.614. The lowest BCUT2D eigenvalue weighted by atomic mass is 10.3. The molecule has 1 aliphatic heterocycles. The number of likely N-dealkylation sites (tertiary alicyclic amines) is 1. The van der Waals surface area contributed by atoms with Gasteiger partial charge in [0.1, 0.15) is 6.54 Å². The minimum Gasteiger partial charge on any atom is -0.354 e. The van der Waals surface area contributed by atoms with E-state index in [4.69, 9.17) is 11.6 Å². The van der Waals surface area contributed by atoms with Crippen LogP contribution >= 0.6 is 11.6 Å². The normalized spacial score (nSPS) is 14.7. The molecule has 0 bridgehead atoms. The highest BCUT2D eigenvalue weighted by Gasteiger charge is 2.28. The van der Waals surface area contributed by atoms with Gasteiger partial charge in [0.2, 0.25) is 5.91 Å². The van der Waals surface area contributed by atoms with E-state index < -0.39 is 10.0 Å². The summed E-state index contributed by atoms with van der Waals surface area (Å²) >= 11 is 6.25. The summed E-state index contributed by atoms with van der Waals surface area (Å²) < 4.78 is 27.5. The molecule has 3 rings (SSSR count). The predicted molar refractivity (Wildman–Crippen MR) is 116 cm³/mol. The van der Waals surface area contributed by atoms with Gasteiger partial charge in [0, 0.05) is 6.54 Å². The van der Waals surface area contributed by atoms with Crippen molar-refractivity contribution < 1.29 is 13.2 Å². The molecule has 0 aliphatic carbocycles. The smallest absolute Gasteiger partial charge is 0.264 e. The molecule has 29 heavy (non-hydrogen) atoms. The summed E-state index contributed by atoms with van der Waals surface area (Å²) in [4.78, 5) is 15.0. The van der Waals surface area contributed by atoms with Crippen molar-refractivity contribution in [2.75, 3.05) is 37.0 Å². The largest absolute Gasteiger partial charge is 0.354 e. The van der Waals surface area contributed by atoms with Crippen molar-refractivity contribution in [3.05, 3.63) is 59.6 Å². The number of carbonyl (C=O) groups is 1. The van der Waals surface area contributed by atoms with E-state index in [0.29, 0.717) is 6.54 Å². The number of halogens is 1. The molecule has 0 radical (unpaired) electrons. The molecule has 1 amide bonds. The summed E-state index contributed by atoms with van der Waals surface area (Å²) in [6.07, 6.45) is 3.30. The Balaban J connectivity index is 1.70. The Kier molecular flexibility index (Phi) is 7.52. The number of rotatable bonds is 9. The van der Waals surface area contributed by atoms with E-state index in [-0.39, 0.29) is 28.1 Å². The number of sulfonamides is 1. The summed E-state index contributed by atoms with van der Waals surface area (Å²) in [6, 6.07) is 14.7. The molecule has 0 atom stereocenters. The number of hydrogen-bond acceptors (Lipinski definition) is 4. The van der Waals surface area contributed by atoms with Gasteiger partial charge in [0.05, 0.1) is 15.6 Å². The number of hydrogen-bond donors (Lipinski definition) is 1. The van der Waals surface area contributed by atoms with E-state index in [1.807, 2.05) is 0 Å². The van der Waals surface area contributed by atoms with Gasteiger partial charge in [0.15, 0.2) is 0 Å². The number of nitrogens with zero attached hydrogens (tertiary/aromatic N) is 2. The number of nitrogens with one attached hydrogen (secondary N) is 1. The Morgan fingerprint density at radius 3 is 2.38 bits per heavy atom. The van der Waals surface area contributed by atoms with Crippen LogP contribution in [0.1, 0.15) is 19.3 Å². The van der Waals surface area contributed by atoms with Gasteiger partial charge in [-0.25, -0.2) is 8.42 Å². The van der Waals surface area contributed by atoms with Gasteiger partial charge in [-0.3, -0.25) is 9.10 Å². The monoisotopic (exact) mass is 435 g/mol. The molecule has 0 aromatic heterocycles. The number of anilines is 1. The average Bonchev–Trinajstić information content (AvgIpc) is 3.24. The summed E-state index contributed by atoms with van der Waals surface area (Å²) in [7, 11) is -3.94. The fraction of sp³-hybridized carbons (Fsp3) is 0.381. The zero-order valence-corrected chi connectivity index (χ0v) is 17.8. The highest BCUT2D eigenvalue weighted by atomic mass is 35.5. The molecule has 1 N–H and O–H groups in total. The standard InChI is InChI=1S/C21H26ClN3O3S/c22-19-11-4-5-12-20(19)25(29(27,28)18-9-2-1-3-10-18)17-21(26)23-13-8-16-24-14-6-7-15-24/h1-5,9-12H,6-8,13-17H2,(H,23,26). The van der Waals surface area contributed by atoms with Crippen LogP contribution in [0.25, 0.3) is 0 Å². The van der Waals surface area contributed by atoms with Crippen molar-refractivity contribution in [3.8, 4) is 0 Å². The van der Waals surface area contributed by atoms with Crippen LogP contribution in [-0.2, 0) is 14.8 Å². The zero-order chi connectivity index (χ0) is 20.7. The highest BCUT2D eigenvalue weighted by Crippen LogP contribution is 2.30. The Hall–Kier alpha value is -2.09. The molecule has 156 valence electrons. The van der Waals surface area contributed by atoms with E-state index >= 15 is 0 Å². The average molecular weight is 436 g/mol. The number of benzene rings is 2. The van der Waals surface area contributed by atoms with Gasteiger partial charge in [-0.15, -0.1) is 0 Å². The Morgan fingerprint density at radius 2 is 1.69 bits per heavy atom. The first-order valence-corrected chi connectivity index (χ1v) is 11.6. The van der Waals surface area contributed by atoms with Gasteiger partial charge in [0.25, 0.3) is 10.0 Å². The van der Waals surface area contributed by atoms with Gasteiger partial charge < -0.3 is 10.2 Å². The van der Waals surface area contributed by atoms with Crippen molar-refractivity contribution in [3.63, 3.8) is 0 Å². The lowest BCUT2D eigenvalue weighted by Crippen LogP contribution is -2.41. The maximum atomic E-state index is 13.2. The number of para-hydroxylation sites is 1. The van der Waals surface area contributed by atoms with Crippen molar-refractivity contribution in [2.45, 2.75) is 24.2 Å². The lowest BCUT2D eigenvalue weighted by Gasteiger charge is -2.25. The van der Waals surface area contributed by atoms with E-state index in [1.54, 1.807) is 42.5 Å². The second kappa shape index (κ2) is 10.1. The first kappa shape index (κ1) is 21.6. The minimum absolute atomic E-state index is 0.113. The fourth-order valence-corrected chi connectivity index (χ4v) is 5.15. The first-order chi connectivity index (χ1) is 14.0. The lowest BCUT2D eigenvalue weighted by molar-refractivity contribution is -0.119. The topological polar surface area (TPSA) is 69.7 Å². The van der Waals surface area contributed by atoms with Crippen LogP contribution in [0.15, 0.2) is 59.5 Å². The van der Waals surface area contributed by atoms with E-state index in [0.717, 1.165) is 30.4 Å². The third kappa shape index (κ3) is 5.72. The van der Waals surface area contributed by atoms with Gasteiger partial charge >= 0.3 is 0 Å². The minimum atomic E-state index is -3.94. The molecule has 6 nitrogen and oxygen atoms in total. The maximum Gasteiger partial charge on any atom is 0.264 e. The third-order valence-corrected chi connectivity index (χ3v) is 7.01. The molecule has 2 aromatic rings. The van der Waals surface area contributed by atoms with E-state index in [2.05, 4.69) is 10.2 Å². The van der Waals surface area contributed by atoms with Crippen LogP contribution in [0.3, 0.4) is 0 Å². The maximum absolute atomic E-state index is 13.2. The van der Waals surface area contributed by atoms with Crippen molar-refractivity contribution >= 4 is 33.2 Å². The predicted octanol–water partition coefficient (Wildman–Crippen LogP) is 3.14. The summed E-state index contributed by atoms with van der Waals surface area (Å²) in [5.74, 6) is -0.356. The number of carbonyl (C=O) groups excluding carboxylic acids is 1. The first-order valence-electron chi connectivity index (χ1n) is 9.80. The molecule has 8 heteroatoms. The van der Waals surface area contributed by atoms with Crippen LogP contribution in [-0.4, -0.2) is 51.9 Å². The van der Waals surface area contributed by atoms with Crippen molar-refractivity contribution in [1.82, 2.24) is 10.2 Å². The van der Waals surface area contributed by atoms with E-state index in [9.17, 15) is 13.2 Å². The highest BCUT2D eigenvalue weighted by molar-refractivity contribution is 7.92. The summed E-state index contributed by atoms with van der Waals surface area (Å²) in [5.41, 5.74) is 0.283. The molecule has 0 unspecified atom stereocenters. The van der Waals surface area contributed by atoms with Gasteiger partial charge in [-0.2, -0.15) is 0 Å². The Labute approximate surface area is 177 Å². The van der Waals surface area contributed by atoms with Crippen LogP contribution in [0.5, 0.6) is 0 Å². The Bertz CT molecular complexity index is 916. The van der Waals surface area contributed by atoms with Crippen molar-refractivity contribution in [1.29, 1.82) is 0 Å². The van der Waals surface area contributed by atoms with Crippen LogP contribution in [0.4, 0.5) is 5.69 Å². The van der Waals surface area contributed by atoms with Gasteiger partial charge in [-0.1, -0.05) is 41.9 Å². The number of amides is 1. The SMILES string of the molecule is O=C(CN(c1ccccc1Cl)S(=O)(=O)c1ccccc1)NCCCN1CCCC1. The third-order valence-electron chi connectivity index (χ3n) is 4.91. The molecule has 0 saturated carbocycles. The second-order valence-corrected chi connectivity index (χ2v) is 9.30. The van der Waals surface area contributed by atoms with Crippen LogP contribution < -0.4 is 9.62 Å².